The second-order valence-corrected chi connectivity index (χ2v) is 6.37. The first kappa shape index (κ1) is 20.3. The van der Waals surface area contributed by atoms with Crippen LogP contribution in [0.15, 0.2) is 42.5 Å². The van der Waals surface area contributed by atoms with Crippen LogP contribution in [0.1, 0.15) is 66.6 Å². The van der Waals surface area contributed by atoms with Crippen LogP contribution in [-0.4, -0.2) is 17.0 Å². The SMILES string of the molecule is CCCCCc1ccc(C#Cc2ccc(NC(=O)CC)c(C(=O)O)c2)cc1. The number of carboxylic acids is 1. The van der Waals surface area contributed by atoms with Gasteiger partial charge in [-0.25, -0.2) is 4.79 Å². The summed E-state index contributed by atoms with van der Waals surface area (Å²) in [6, 6.07) is 12.9. The molecule has 2 rings (SSSR count). The standard InChI is InChI=1S/C23H25NO3/c1-3-5-6-7-17-8-10-18(11-9-17)12-13-19-14-15-21(24-22(25)4-2)20(16-19)23(26)27/h8-11,14-16H,3-7H2,1-2H3,(H,24,25)(H,26,27). The largest absolute Gasteiger partial charge is 0.478 e. The zero-order valence-corrected chi connectivity index (χ0v) is 15.8. The average molecular weight is 363 g/mol. The number of nitrogens with one attached hydrogen (secondary N) is 1. The quantitative estimate of drug-likeness (QED) is 0.545. The maximum atomic E-state index is 11.5. The van der Waals surface area contributed by atoms with E-state index in [1.807, 2.05) is 12.1 Å². The highest BCUT2D eigenvalue weighted by Gasteiger charge is 2.12. The van der Waals surface area contributed by atoms with E-state index in [2.05, 4.69) is 36.2 Å². The van der Waals surface area contributed by atoms with Gasteiger partial charge in [0.2, 0.25) is 5.91 Å². The molecule has 0 unspecified atom stereocenters. The fourth-order valence-electron chi connectivity index (χ4n) is 2.62. The lowest BCUT2D eigenvalue weighted by Gasteiger charge is -2.07. The number of anilines is 1. The van der Waals surface area contributed by atoms with Gasteiger partial charge >= 0.3 is 5.97 Å². The van der Waals surface area contributed by atoms with Crippen molar-refractivity contribution < 1.29 is 14.7 Å². The third-order valence-electron chi connectivity index (χ3n) is 4.22. The Morgan fingerprint density at radius 3 is 2.26 bits per heavy atom. The Hall–Kier alpha value is -3.06. The first-order valence-electron chi connectivity index (χ1n) is 9.31. The van der Waals surface area contributed by atoms with Crippen molar-refractivity contribution in [2.24, 2.45) is 0 Å². The lowest BCUT2D eigenvalue weighted by Crippen LogP contribution is -2.13. The van der Waals surface area contributed by atoms with Gasteiger partial charge in [-0.3, -0.25) is 4.79 Å². The molecule has 4 heteroatoms. The average Bonchev–Trinajstić information content (AvgIpc) is 2.68. The zero-order chi connectivity index (χ0) is 19.6. The predicted molar refractivity (Wildman–Crippen MR) is 108 cm³/mol. The van der Waals surface area contributed by atoms with E-state index in [4.69, 9.17) is 0 Å². The van der Waals surface area contributed by atoms with Crippen LogP contribution in [-0.2, 0) is 11.2 Å². The smallest absolute Gasteiger partial charge is 0.337 e. The van der Waals surface area contributed by atoms with E-state index in [0.717, 1.165) is 12.0 Å². The van der Waals surface area contributed by atoms with E-state index in [-0.39, 0.29) is 23.6 Å². The molecule has 2 aromatic rings. The molecule has 0 saturated carbocycles. The molecule has 0 bridgehead atoms. The number of carboxylic acid groups (broad SMARTS) is 1. The summed E-state index contributed by atoms with van der Waals surface area (Å²) in [5.74, 6) is 4.74. The van der Waals surface area contributed by atoms with E-state index in [1.165, 1.54) is 30.9 Å². The molecule has 0 saturated heterocycles. The summed E-state index contributed by atoms with van der Waals surface area (Å²) >= 11 is 0. The number of rotatable bonds is 7. The Bertz CT molecular complexity index is 857. The molecule has 0 fully saturated rings. The molecule has 2 N–H and O–H groups in total. The van der Waals surface area contributed by atoms with Crippen LogP contribution < -0.4 is 5.32 Å². The molecule has 0 aromatic heterocycles. The zero-order valence-electron chi connectivity index (χ0n) is 15.8. The summed E-state index contributed by atoms with van der Waals surface area (Å²) in [5, 5.41) is 12.0. The lowest BCUT2D eigenvalue weighted by atomic mass is 10.0. The Morgan fingerprint density at radius 2 is 1.63 bits per heavy atom. The third-order valence-corrected chi connectivity index (χ3v) is 4.22. The van der Waals surface area contributed by atoms with Gasteiger partial charge in [-0.05, 0) is 48.7 Å². The molecule has 140 valence electrons. The van der Waals surface area contributed by atoms with Crippen molar-refractivity contribution in [3.63, 3.8) is 0 Å². The Labute approximate surface area is 160 Å². The van der Waals surface area contributed by atoms with E-state index >= 15 is 0 Å². The molecule has 0 aliphatic carbocycles. The van der Waals surface area contributed by atoms with Crippen LogP contribution >= 0.6 is 0 Å². The van der Waals surface area contributed by atoms with E-state index in [0.29, 0.717) is 5.56 Å². The number of carbonyl (C=O) groups is 2. The van der Waals surface area contributed by atoms with Crippen molar-refractivity contribution >= 4 is 17.6 Å². The van der Waals surface area contributed by atoms with Crippen molar-refractivity contribution in [1.82, 2.24) is 0 Å². The monoisotopic (exact) mass is 363 g/mol. The van der Waals surface area contributed by atoms with Crippen LogP contribution in [0.2, 0.25) is 0 Å². The molecule has 0 aliphatic rings. The number of unbranched alkanes of at least 4 members (excludes halogenated alkanes) is 2. The second-order valence-electron chi connectivity index (χ2n) is 6.37. The number of aryl methyl sites for hydroxylation is 1. The van der Waals surface area contributed by atoms with Crippen LogP contribution in [0.25, 0.3) is 0 Å². The minimum Gasteiger partial charge on any atom is -0.478 e. The van der Waals surface area contributed by atoms with Gasteiger partial charge in [-0.2, -0.15) is 0 Å². The fourth-order valence-corrected chi connectivity index (χ4v) is 2.62. The molecule has 0 spiro atoms. The van der Waals surface area contributed by atoms with Crippen molar-refractivity contribution in [1.29, 1.82) is 0 Å². The van der Waals surface area contributed by atoms with Crippen LogP contribution in [0.3, 0.4) is 0 Å². The van der Waals surface area contributed by atoms with Gasteiger partial charge in [0.15, 0.2) is 0 Å². The van der Waals surface area contributed by atoms with Gasteiger partial charge in [0.1, 0.15) is 0 Å². The highest BCUT2D eigenvalue weighted by molar-refractivity contribution is 6.00. The minimum absolute atomic E-state index is 0.0369. The molecular weight excluding hydrogens is 338 g/mol. The highest BCUT2D eigenvalue weighted by Crippen LogP contribution is 2.18. The number of hydrogen-bond acceptors (Lipinski definition) is 2. The van der Waals surface area contributed by atoms with Crippen LogP contribution in [0.5, 0.6) is 0 Å². The maximum Gasteiger partial charge on any atom is 0.337 e. The maximum absolute atomic E-state index is 11.5. The fraction of sp³-hybridized carbons (Fsp3) is 0.304. The molecule has 0 heterocycles. The van der Waals surface area contributed by atoms with Crippen molar-refractivity contribution in [2.75, 3.05) is 5.32 Å². The van der Waals surface area contributed by atoms with E-state index in [1.54, 1.807) is 19.1 Å². The molecule has 0 radical (unpaired) electrons. The first-order chi connectivity index (χ1) is 13.0. The van der Waals surface area contributed by atoms with Crippen LogP contribution in [0, 0.1) is 11.8 Å². The van der Waals surface area contributed by atoms with Crippen molar-refractivity contribution in [3.8, 4) is 11.8 Å². The molecule has 2 aromatic carbocycles. The normalized spacial score (nSPS) is 10.0. The Balaban J connectivity index is 2.14. The Morgan fingerprint density at radius 1 is 0.963 bits per heavy atom. The van der Waals surface area contributed by atoms with Gasteiger partial charge in [0.25, 0.3) is 0 Å². The number of benzene rings is 2. The van der Waals surface area contributed by atoms with Crippen LogP contribution in [0.4, 0.5) is 5.69 Å². The van der Waals surface area contributed by atoms with Gasteiger partial charge in [-0.1, -0.05) is 50.7 Å². The summed E-state index contributed by atoms with van der Waals surface area (Å²) < 4.78 is 0. The van der Waals surface area contributed by atoms with Gasteiger partial charge in [-0.15, -0.1) is 0 Å². The lowest BCUT2D eigenvalue weighted by molar-refractivity contribution is -0.115. The summed E-state index contributed by atoms with van der Waals surface area (Å²) in [6.07, 6.45) is 5.01. The molecule has 4 nitrogen and oxygen atoms in total. The summed E-state index contributed by atoms with van der Waals surface area (Å²) in [6.45, 7) is 3.91. The second kappa shape index (κ2) is 10.2. The summed E-state index contributed by atoms with van der Waals surface area (Å²) in [7, 11) is 0. The van der Waals surface area contributed by atoms with E-state index in [9.17, 15) is 14.7 Å². The predicted octanol–water partition coefficient (Wildman–Crippen LogP) is 4.87. The first-order valence-corrected chi connectivity index (χ1v) is 9.31. The number of hydrogen-bond donors (Lipinski definition) is 2. The van der Waals surface area contributed by atoms with Gasteiger partial charge in [0.05, 0.1) is 11.3 Å². The number of aromatic carboxylic acids is 1. The topological polar surface area (TPSA) is 66.4 Å². The molecule has 1 amide bonds. The molecule has 0 aliphatic heterocycles. The van der Waals surface area contributed by atoms with Gasteiger partial charge in [0, 0.05) is 17.5 Å². The number of carbonyl (C=O) groups excluding carboxylic acids is 1. The molecule has 27 heavy (non-hydrogen) atoms. The number of amides is 1. The Kier molecular flexibility index (Phi) is 7.63. The summed E-state index contributed by atoms with van der Waals surface area (Å²) in [5.41, 5.74) is 3.10. The molecular formula is C23H25NO3. The minimum atomic E-state index is -1.10. The third kappa shape index (κ3) is 6.31. The molecule has 0 atom stereocenters. The van der Waals surface area contributed by atoms with Crippen molar-refractivity contribution in [2.45, 2.75) is 46.0 Å². The summed E-state index contributed by atoms with van der Waals surface area (Å²) in [4.78, 5) is 23.0. The van der Waals surface area contributed by atoms with E-state index < -0.39 is 5.97 Å². The van der Waals surface area contributed by atoms with Gasteiger partial charge < -0.3 is 10.4 Å². The highest BCUT2D eigenvalue weighted by atomic mass is 16.4. The van der Waals surface area contributed by atoms with Crippen molar-refractivity contribution in [3.05, 3.63) is 64.7 Å².